The number of amides is 1. The average molecular weight is 418 g/mol. The predicted molar refractivity (Wildman–Crippen MR) is 108 cm³/mol. The lowest BCUT2D eigenvalue weighted by atomic mass is 10.1. The second-order valence-corrected chi connectivity index (χ2v) is 7.82. The monoisotopic (exact) mass is 418 g/mol. The molecular weight excluding hydrogens is 392 g/mol. The van der Waals surface area contributed by atoms with E-state index >= 15 is 0 Å². The number of rotatable bonds is 7. The molecule has 1 unspecified atom stereocenters. The summed E-state index contributed by atoms with van der Waals surface area (Å²) >= 11 is 0. The van der Waals surface area contributed by atoms with Crippen molar-refractivity contribution in [2.45, 2.75) is 52.3 Å². The molecule has 0 spiro atoms. The molecule has 1 heterocycles. The topological polar surface area (TPSA) is 126 Å². The van der Waals surface area contributed by atoms with Gasteiger partial charge in [-0.2, -0.15) is 0 Å². The van der Waals surface area contributed by atoms with Crippen molar-refractivity contribution in [2.75, 3.05) is 7.11 Å². The number of nitro groups is 1. The molecule has 30 heavy (non-hydrogen) atoms. The summed E-state index contributed by atoms with van der Waals surface area (Å²) in [6.07, 6.45) is 2.59. The van der Waals surface area contributed by atoms with Crippen LogP contribution in [0.1, 0.15) is 37.6 Å². The molecule has 1 N–H and O–H groups in total. The molecule has 0 saturated heterocycles. The summed E-state index contributed by atoms with van der Waals surface area (Å²) in [4.78, 5) is 39.0. The number of hydrogen-bond acceptors (Lipinski definition) is 7. The molecule has 1 aromatic carbocycles. The number of benzene rings is 1. The second-order valence-electron chi connectivity index (χ2n) is 7.82. The lowest BCUT2D eigenvalue weighted by molar-refractivity contribution is -0.385. The predicted octanol–water partition coefficient (Wildman–Crippen LogP) is 2.76. The van der Waals surface area contributed by atoms with Gasteiger partial charge in [-0.25, -0.2) is 14.6 Å². The van der Waals surface area contributed by atoms with Gasteiger partial charge in [0.05, 0.1) is 18.4 Å². The molecule has 1 aromatic heterocycles. The van der Waals surface area contributed by atoms with E-state index in [2.05, 4.69) is 10.3 Å². The second kappa shape index (κ2) is 9.38. The van der Waals surface area contributed by atoms with Crippen LogP contribution in [-0.4, -0.2) is 45.3 Å². The third-order valence-electron chi connectivity index (χ3n) is 4.20. The zero-order valence-corrected chi connectivity index (χ0v) is 17.7. The number of hydrogen-bond donors (Lipinski definition) is 1. The Bertz CT molecular complexity index is 932. The largest absolute Gasteiger partial charge is 0.467 e. The van der Waals surface area contributed by atoms with E-state index in [-0.39, 0.29) is 12.1 Å². The first kappa shape index (κ1) is 22.9. The Hall–Kier alpha value is -3.43. The fourth-order valence-electron chi connectivity index (χ4n) is 2.87. The highest BCUT2D eigenvalue weighted by molar-refractivity contribution is 5.81. The summed E-state index contributed by atoms with van der Waals surface area (Å²) in [6, 6.07) is 3.91. The zero-order valence-electron chi connectivity index (χ0n) is 17.7. The molecular formula is C20H26N4O6. The van der Waals surface area contributed by atoms with Crippen molar-refractivity contribution < 1.29 is 24.0 Å². The third kappa shape index (κ3) is 6.29. The van der Waals surface area contributed by atoms with Gasteiger partial charge < -0.3 is 19.4 Å². The van der Waals surface area contributed by atoms with E-state index in [1.165, 1.54) is 13.2 Å². The average Bonchev–Trinajstić information content (AvgIpc) is 3.05. The standard InChI is InChI=1S/C20H26N4O6/c1-13-8-14(6-7-17(13)24(27)28)11-23-12-21-10-15(23)9-16(18(25)29-5)22-19(26)30-20(2,3)4/h6-8,10,12,16H,9,11H2,1-5H3,(H,22,26). The maximum Gasteiger partial charge on any atom is 0.408 e. The number of nitrogens with zero attached hydrogens (tertiary/aromatic N) is 3. The van der Waals surface area contributed by atoms with Crippen molar-refractivity contribution in [1.29, 1.82) is 0 Å². The van der Waals surface area contributed by atoms with Crippen LogP contribution in [0, 0.1) is 17.0 Å². The Labute approximate surface area is 174 Å². The minimum Gasteiger partial charge on any atom is -0.467 e. The van der Waals surface area contributed by atoms with Gasteiger partial charge in [0.2, 0.25) is 0 Å². The number of alkyl carbamates (subject to hydrolysis) is 1. The number of nitro benzene ring substituents is 1. The van der Waals surface area contributed by atoms with Crippen molar-refractivity contribution in [1.82, 2.24) is 14.9 Å². The molecule has 0 bridgehead atoms. The Balaban J connectivity index is 2.17. The van der Waals surface area contributed by atoms with Crippen molar-refractivity contribution in [3.63, 3.8) is 0 Å². The number of carbonyl (C=O) groups excluding carboxylic acids is 2. The molecule has 1 atom stereocenters. The van der Waals surface area contributed by atoms with Gasteiger partial charge in [-0.3, -0.25) is 10.1 Å². The van der Waals surface area contributed by atoms with Crippen molar-refractivity contribution >= 4 is 17.7 Å². The highest BCUT2D eigenvalue weighted by Gasteiger charge is 2.26. The van der Waals surface area contributed by atoms with Crippen molar-refractivity contribution in [3.8, 4) is 0 Å². The van der Waals surface area contributed by atoms with Gasteiger partial charge in [-0.15, -0.1) is 0 Å². The van der Waals surface area contributed by atoms with E-state index in [1.54, 1.807) is 56.9 Å². The number of carbonyl (C=O) groups is 2. The first-order valence-corrected chi connectivity index (χ1v) is 9.30. The van der Waals surface area contributed by atoms with Crippen LogP contribution in [0.25, 0.3) is 0 Å². The van der Waals surface area contributed by atoms with Crippen LogP contribution in [0.4, 0.5) is 10.5 Å². The lowest BCUT2D eigenvalue weighted by Gasteiger charge is -2.22. The highest BCUT2D eigenvalue weighted by atomic mass is 16.6. The van der Waals surface area contributed by atoms with Crippen LogP contribution in [-0.2, 0) is 27.2 Å². The Kier molecular flexibility index (Phi) is 7.14. The van der Waals surface area contributed by atoms with Gasteiger partial charge in [-0.1, -0.05) is 6.07 Å². The fraction of sp³-hybridized carbons (Fsp3) is 0.450. The molecule has 0 saturated carbocycles. The number of aryl methyl sites for hydroxylation is 1. The highest BCUT2D eigenvalue weighted by Crippen LogP contribution is 2.20. The van der Waals surface area contributed by atoms with Gasteiger partial charge in [0.25, 0.3) is 5.69 Å². The van der Waals surface area contributed by atoms with Gasteiger partial charge in [0.15, 0.2) is 0 Å². The number of aromatic nitrogens is 2. The molecule has 0 fully saturated rings. The van der Waals surface area contributed by atoms with Crippen molar-refractivity contribution in [3.05, 3.63) is 57.7 Å². The summed E-state index contributed by atoms with van der Waals surface area (Å²) in [7, 11) is 1.24. The summed E-state index contributed by atoms with van der Waals surface area (Å²) in [5, 5.41) is 13.5. The summed E-state index contributed by atoms with van der Waals surface area (Å²) < 4.78 is 11.8. The SMILES string of the molecule is COC(=O)C(Cc1cncn1Cc1ccc([N+](=O)[O-])c(C)c1)NC(=O)OC(C)(C)C. The van der Waals surface area contributed by atoms with Gasteiger partial charge in [-0.05, 0) is 39.3 Å². The molecule has 2 rings (SSSR count). The van der Waals surface area contributed by atoms with E-state index in [9.17, 15) is 19.7 Å². The molecule has 162 valence electrons. The molecule has 0 aliphatic heterocycles. The van der Waals surface area contributed by atoms with E-state index in [0.29, 0.717) is 17.8 Å². The number of ether oxygens (including phenoxy) is 2. The van der Waals surface area contributed by atoms with Gasteiger partial charge >= 0.3 is 12.1 Å². The number of imidazole rings is 1. The van der Waals surface area contributed by atoms with E-state index < -0.39 is 28.6 Å². The maximum atomic E-state index is 12.2. The normalized spacial score (nSPS) is 12.2. The first-order valence-electron chi connectivity index (χ1n) is 9.30. The molecule has 0 radical (unpaired) electrons. The van der Waals surface area contributed by atoms with E-state index in [1.807, 2.05) is 0 Å². The van der Waals surface area contributed by atoms with Crippen LogP contribution >= 0.6 is 0 Å². The molecule has 0 aliphatic rings. The Morgan fingerprint density at radius 3 is 2.60 bits per heavy atom. The lowest BCUT2D eigenvalue weighted by Crippen LogP contribution is -2.45. The van der Waals surface area contributed by atoms with Crippen LogP contribution < -0.4 is 5.32 Å². The zero-order chi connectivity index (χ0) is 22.5. The minimum atomic E-state index is -0.959. The fourth-order valence-corrected chi connectivity index (χ4v) is 2.87. The third-order valence-corrected chi connectivity index (χ3v) is 4.20. The van der Waals surface area contributed by atoms with Crippen molar-refractivity contribution in [2.24, 2.45) is 0 Å². The quantitative estimate of drug-likeness (QED) is 0.416. The molecule has 2 aromatic rings. The number of nitrogens with one attached hydrogen (secondary N) is 1. The Morgan fingerprint density at radius 2 is 2.03 bits per heavy atom. The van der Waals surface area contributed by atoms with E-state index in [4.69, 9.17) is 9.47 Å². The van der Waals surface area contributed by atoms with Gasteiger partial charge in [0.1, 0.15) is 11.6 Å². The Morgan fingerprint density at radius 1 is 1.33 bits per heavy atom. The molecule has 10 heteroatoms. The number of methoxy groups -OCH3 is 1. The maximum absolute atomic E-state index is 12.2. The molecule has 1 amide bonds. The van der Waals surface area contributed by atoms with Crippen LogP contribution in [0.5, 0.6) is 0 Å². The minimum absolute atomic E-state index is 0.0527. The van der Waals surface area contributed by atoms with Crippen LogP contribution in [0.2, 0.25) is 0 Å². The smallest absolute Gasteiger partial charge is 0.408 e. The van der Waals surface area contributed by atoms with E-state index in [0.717, 1.165) is 5.56 Å². The molecule has 10 nitrogen and oxygen atoms in total. The van der Waals surface area contributed by atoms with Crippen LogP contribution in [0.3, 0.4) is 0 Å². The number of esters is 1. The first-order chi connectivity index (χ1) is 14.0. The van der Waals surface area contributed by atoms with Gasteiger partial charge in [0, 0.05) is 36.5 Å². The summed E-state index contributed by atoms with van der Waals surface area (Å²) in [6.45, 7) is 7.24. The summed E-state index contributed by atoms with van der Waals surface area (Å²) in [5.74, 6) is -0.611. The van der Waals surface area contributed by atoms with Crippen LogP contribution in [0.15, 0.2) is 30.7 Å². The molecule has 0 aliphatic carbocycles. The summed E-state index contributed by atoms with van der Waals surface area (Å²) in [5.41, 5.74) is 1.42.